The number of aliphatic hydroxyl groups is 1. The molecule has 1 aliphatic rings. The highest BCUT2D eigenvalue weighted by Gasteiger charge is 2.37. The Morgan fingerprint density at radius 1 is 1.29 bits per heavy atom. The average molecular weight is 280 g/mol. The highest BCUT2D eigenvalue weighted by molar-refractivity contribution is 8.16. The molecule has 102 valence electrons. The second-order valence-corrected chi connectivity index (χ2v) is 7.77. The van der Waals surface area contributed by atoms with Gasteiger partial charge in [0.25, 0.3) is 0 Å². The molecule has 1 heterocycles. The van der Waals surface area contributed by atoms with Gasteiger partial charge in [-0.05, 0) is 31.8 Å². The van der Waals surface area contributed by atoms with Crippen LogP contribution in [0.2, 0.25) is 0 Å². The van der Waals surface area contributed by atoms with Gasteiger partial charge < -0.3 is 14.6 Å². The molecule has 1 saturated heterocycles. The Labute approximate surface area is 113 Å². The van der Waals surface area contributed by atoms with E-state index in [0.717, 1.165) is 17.9 Å². The van der Waals surface area contributed by atoms with Crippen molar-refractivity contribution >= 4 is 23.5 Å². The molecule has 1 fully saturated rings. The topological polar surface area (TPSA) is 38.7 Å². The third kappa shape index (κ3) is 5.39. The molecule has 0 saturated carbocycles. The van der Waals surface area contributed by atoms with Crippen molar-refractivity contribution in [2.75, 3.05) is 18.1 Å². The summed E-state index contributed by atoms with van der Waals surface area (Å²) < 4.78 is 11.6. The maximum Gasteiger partial charge on any atom is 0.163 e. The summed E-state index contributed by atoms with van der Waals surface area (Å²) in [5, 5.41) is 10.2. The highest BCUT2D eigenvalue weighted by atomic mass is 32.2. The molecule has 1 rings (SSSR count). The lowest BCUT2D eigenvalue weighted by atomic mass is 10.2. The minimum absolute atomic E-state index is 0.178. The summed E-state index contributed by atoms with van der Waals surface area (Å²) in [6.07, 6.45) is 0.156. The van der Waals surface area contributed by atoms with Crippen LogP contribution in [0.1, 0.15) is 34.1 Å². The molecule has 0 bridgehead atoms. The Morgan fingerprint density at radius 3 is 2.29 bits per heavy atom. The lowest BCUT2D eigenvalue weighted by Crippen LogP contribution is -2.32. The Balaban J connectivity index is 2.38. The van der Waals surface area contributed by atoms with Gasteiger partial charge >= 0.3 is 0 Å². The van der Waals surface area contributed by atoms with Crippen molar-refractivity contribution < 1.29 is 14.6 Å². The van der Waals surface area contributed by atoms with Crippen molar-refractivity contribution in [2.45, 2.75) is 56.7 Å². The fraction of sp³-hybridized carbons (Fsp3) is 1.00. The van der Waals surface area contributed by atoms with Crippen LogP contribution in [-0.2, 0) is 9.47 Å². The Bertz CT molecular complexity index is 218. The predicted octanol–water partition coefficient (Wildman–Crippen LogP) is 2.72. The van der Waals surface area contributed by atoms with E-state index >= 15 is 0 Å². The van der Waals surface area contributed by atoms with Crippen LogP contribution < -0.4 is 0 Å². The van der Waals surface area contributed by atoms with Crippen LogP contribution in [0.15, 0.2) is 0 Å². The van der Waals surface area contributed by atoms with Gasteiger partial charge in [0.2, 0.25) is 0 Å². The lowest BCUT2D eigenvalue weighted by molar-refractivity contribution is -0.151. The summed E-state index contributed by atoms with van der Waals surface area (Å²) in [5.41, 5.74) is 0. The van der Waals surface area contributed by atoms with Gasteiger partial charge in [-0.1, -0.05) is 13.8 Å². The molecule has 2 atom stereocenters. The number of thioether (sulfide) groups is 2. The first-order valence-corrected chi connectivity index (χ1v) is 8.31. The number of rotatable bonds is 7. The molecule has 5 heteroatoms. The number of hydrogen-bond donors (Lipinski definition) is 1. The van der Waals surface area contributed by atoms with Crippen LogP contribution >= 0.6 is 23.5 Å². The summed E-state index contributed by atoms with van der Waals surface area (Å²) in [6.45, 7) is 8.57. The van der Waals surface area contributed by atoms with Gasteiger partial charge in [0.05, 0.1) is 17.3 Å². The molecule has 0 radical (unpaired) electrons. The van der Waals surface area contributed by atoms with E-state index in [1.54, 1.807) is 0 Å². The van der Waals surface area contributed by atoms with Crippen molar-refractivity contribution in [3.63, 3.8) is 0 Å². The Morgan fingerprint density at radius 2 is 1.88 bits per heavy atom. The van der Waals surface area contributed by atoms with Crippen LogP contribution in [-0.4, -0.2) is 45.8 Å². The number of hydrogen-bond acceptors (Lipinski definition) is 5. The van der Waals surface area contributed by atoms with Crippen LogP contribution in [0.25, 0.3) is 0 Å². The van der Waals surface area contributed by atoms with E-state index in [4.69, 9.17) is 9.47 Å². The molecule has 0 aromatic heterocycles. The van der Waals surface area contributed by atoms with Crippen molar-refractivity contribution in [3.8, 4) is 0 Å². The van der Waals surface area contributed by atoms with Gasteiger partial charge in [0.15, 0.2) is 5.79 Å². The van der Waals surface area contributed by atoms with Gasteiger partial charge in [0.1, 0.15) is 6.10 Å². The SMILES string of the molecule is CCSC(C[C@H](O)C1COC(C)(C)O1)SCC. The third-order valence-electron chi connectivity index (χ3n) is 2.60. The van der Waals surface area contributed by atoms with Gasteiger partial charge in [-0.3, -0.25) is 0 Å². The Hall–Kier alpha value is 0.580. The molecular formula is C12H24O3S2. The van der Waals surface area contributed by atoms with E-state index in [2.05, 4.69) is 13.8 Å². The largest absolute Gasteiger partial charge is 0.390 e. The first kappa shape index (κ1) is 15.6. The first-order valence-electron chi connectivity index (χ1n) is 6.21. The molecule has 0 spiro atoms. The van der Waals surface area contributed by atoms with E-state index in [-0.39, 0.29) is 6.10 Å². The maximum absolute atomic E-state index is 10.2. The summed E-state index contributed by atoms with van der Waals surface area (Å²) in [7, 11) is 0. The van der Waals surface area contributed by atoms with Crippen LogP contribution in [0.5, 0.6) is 0 Å². The zero-order valence-corrected chi connectivity index (χ0v) is 12.8. The van der Waals surface area contributed by atoms with E-state index in [9.17, 15) is 5.11 Å². The van der Waals surface area contributed by atoms with Crippen molar-refractivity contribution in [1.29, 1.82) is 0 Å². The number of aliphatic hydroxyl groups excluding tert-OH is 1. The van der Waals surface area contributed by atoms with E-state index in [1.165, 1.54) is 0 Å². The van der Waals surface area contributed by atoms with Gasteiger partial charge in [-0.25, -0.2) is 0 Å². The molecule has 0 aromatic carbocycles. The fourth-order valence-corrected chi connectivity index (χ4v) is 4.42. The van der Waals surface area contributed by atoms with Gasteiger partial charge in [-0.15, -0.1) is 23.5 Å². The average Bonchev–Trinajstić information content (AvgIpc) is 2.59. The molecule has 1 N–H and O–H groups in total. The molecular weight excluding hydrogens is 256 g/mol. The monoisotopic (exact) mass is 280 g/mol. The molecule has 1 unspecified atom stereocenters. The fourth-order valence-electron chi connectivity index (χ4n) is 1.81. The second-order valence-electron chi connectivity index (χ2n) is 4.51. The van der Waals surface area contributed by atoms with E-state index in [1.807, 2.05) is 37.4 Å². The minimum Gasteiger partial charge on any atom is -0.390 e. The number of ether oxygens (including phenoxy) is 2. The quantitative estimate of drug-likeness (QED) is 0.726. The first-order chi connectivity index (χ1) is 7.98. The molecule has 1 aliphatic heterocycles. The van der Waals surface area contributed by atoms with Gasteiger partial charge in [0, 0.05) is 0 Å². The molecule has 17 heavy (non-hydrogen) atoms. The minimum atomic E-state index is -0.545. The lowest BCUT2D eigenvalue weighted by Gasteiger charge is -2.23. The smallest absolute Gasteiger partial charge is 0.163 e. The highest BCUT2D eigenvalue weighted by Crippen LogP contribution is 2.31. The van der Waals surface area contributed by atoms with Crippen molar-refractivity contribution in [2.24, 2.45) is 0 Å². The van der Waals surface area contributed by atoms with Crippen LogP contribution in [0.4, 0.5) is 0 Å². The third-order valence-corrected chi connectivity index (χ3v) is 5.21. The summed E-state index contributed by atoms with van der Waals surface area (Å²) in [5.74, 6) is 1.62. The molecule has 0 amide bonds. The summed E-state index contributed by atoms with van der Waals surface area (Å²) >= 11 is 3.79. The van der Waals surface area contributed by atoms with E-state index < -0.39 is 11.9 Å². The molecule has 0 aromatic rings. The molecule has 3 nitrogen and oxygen atoms in total. The zero-order valence-electron chi connectivity index (χ0n) is 11.1. The van der Waals surface area contributed by atoms with Gasteiger partial charge in [-0.2, -0.15) is 0 Å². The predicted molar refractivity (Wildman–Crippen MR) is 75.6 cm³/mol. The Kier molecular flexibility index (Phi) is 6.66. The van der Waals surface area contributed by atoms with Crippen molar-refractivity contribution in [3.05, 3.63) is 0 Å². The second kappa shape index (κ2) is 7.24. The zero-order chi connectivity index (χ0) is 12.9. The standard InChI is InChI=1S/C12H24O3S2/c1-5-16-11(17-6-2)7-9(13)10-8-14-12(3,4)15-10/h9-11,13H,5-8H2,1-4H3/t9-,10?/m0/s1. The summed E-state index contributed by atoms with van der Waals surface area (Å²) in [4.78, 5) is 0. The van der Waals surface area contributed by atoms with Crippen LogP contribution in [0, 0.1) is 0 Å². The van der Waals surface area contributed by atoms with Crippen molar-refractivity contribution in [1.82, 2.24) is 0 Å². The van der Waals surface area contributed by atoms with Crippen LogP contribution in [0.3, 0.4) is 0 Å². The normalized spacial score (nSPS) is 25.4. The maximum atomic E-state index is 10.2. The molecule has 0 aliphatic carbocycles. The van der Waals surface area contributed by atoms with E-state index in [0.29, 0.717) is 11.2 Å². The summed E-state index contributed by atoms with van der Waals surface area (Å²) in [6, 6.07) is 0.